The van der Waals surface area contributed by atoms with Gasteiger partial charge in [-0.05, 0) is 27.7 Å². The number of ether oxygens (including phenoxy) is 2. The molecule has 1 rings (SSSR count). The van der Waals surface area contributed by atoms with Crippen LogP contribution in [0, 0.1) is 0 Å². The highest BCUT2D eigenvalue weighted by molar-refractivity contribution is 9.09. The number of hydrogen-bond donors (Lipinski definition) is 0. The van der Waals surface area contributed by atoms with Gasteiger partial charge in [-0.25, -0.2) is 0 Å². The quantitative estimate of drug-likeness (QED) is 0.553. The molecule has 1 heterocycles. The van der Waals surface area contributed by atoms with Gasteiger partial charge >= 0.3 is 7.60 Å². The van der Waals surface area contributed by atoms with E-state index in [9.17, 15) is 4.57 Å². The lowest BCUT2D eigenvalue weighted by Crippen LogP contribution is -2.20. The van der Waals surface area contributed by atoms with Gasteiger partial charge < -0.3 is 18.5 Å². The molecule has 0 aromatic heterocycles. The van der Waals surface area contributed by atoms with Crippen LogP contribution in [0.5, 0.6) is 0 Å². The third kappa shape index (κ3) is 4.62. The molecular weight excluding hydrogens is 311 g/mol. The van der Waals surface area contributed by atoms with Crippen molar-refractivity contribution in [3.05, 3.63) is 0 Å². The molecule has 0 saturated carbocycles. The SMILES string of the molecule is CC(C)OP(=O)(OC(C)C)[C@H]1OC[C@@H](CBr)O1. The van der Waals surface area contributed by atoms with Gasteiger partial charge in [0.25, 0.3) is 6.03 Å². The van der Waals surface area contributed by atoms with Crippen molar-refractivity contribution in [3.8, 4) is 0 Å². The minimum atomic E-state index is -3.40. The Balaban J connectivity index is 2.73. The smallest absolute Gasteiger partial charge is 0.340 e. The van der Waals surface area contributed by atoms with Gasteiger partial charge in [0.2, 0.25) is 0 Å². The first-order valence-corrected chi connectivity index (χ1v) is 8.40. The molecule has 0 amide bonds. The van der Waals surface area contributed by atoms with Gasteiger partial charge in [0.15, 0.2) is 0 Å². The van der Waals surface area contributed by atoms with Gasteiger partial charge in [-0.3, -0.25) is 4.57 Å². The van der Waals surface area contributed by atoms with Crippen molar-refractivity contribution >= 4 is 23.5 Å². The summed E-state index contributed by atoms with van der Waals surface area (Å²) in [5.41, 5.74) is 0. The molecule has 1 aliphatic heterocycles. The zero-order valence-electron chi connectivity index (χ0n) is 10.6. The Labute approximate surface area is 111 Å². The fourth-order valence-electron chi connectivity index (χ4n) is 1.39. The standard InChI is InChI=1S/C10H20BrO5P/c1-7(2)15-17(12,16-8(3)4)10-13-6-9(5-11)14-10/h7-10H,5-6H2,1-4H3/t9-,10+/m1/s1. The van der Waals surface area contributed by atoms with E-state index in [0.29, 0.717) is 11.9 Å². The maximum atomic E-state index is 12.6. The molecule has 7 heteroatoms. The van der Waals surface area contributed by atoms with E-state index in [1.165, 1.54) is 0 Å². The number of alkyl halides is 1. The van der Waals surface area contributed by atoms with E-state index in [1.54, 1.807) is 27.7 Å². The summed E-state index contributed by atoms with van der Waals surface area (Å²) in [5, 5.41) is 0.632. The molecule has 1 fully saturated rings. The van der Waals surface area contributed by atoms with Crippen LogP contribution in [-0.2, 0) is 23.1 Å². The highest BCUT2D eigenvalue weighted by Gasteiger charge is 2.45. The Kier molecular flexibility index (Phi) is 6.10. The van der Waals surface area contributed by atoms with Gasteiger partial charge in [0.05, 0.1) is 24.9 Å². The molecule has 17 heavy (non-hydrogen) atoms. The van der Waals surface area contributed by atoms with E-state index < -0.39 is 13.6 Å². The maximum Gasteiger partial charge on any atom is 0.386 e. The van der Waals surface area contributed by atoms with Crippen LogP contribution < -0.4 is 0 Å². The van der Waals surface area contributed by atoms with Crippen LogP contribution in [0.25, 0.3) is 0 Å². The molecular formula is C10H20BrO5P. The predicted octanol–water partition coefficient (Wildman–Crippen LogP) is 3.12. The molecule has 0 radical (unpaired) electrons. The van der Waals surface area contributed by atoms with E-state index in [1.807, 2.05) is 0 Å². The molecule has 1 saturated heterocycles. The average molecular weight is 331 g/mol. The summed E-state index contributed by atoms with van der Waals surface area (Å²) in [6.07, 6.45) is -0.538. The Morgan fingerprint density at radius 1 is 1.29 bits per heavy atom. The Bertz CT molecular complexity index is 270. The van der Waals surface area contributed by atoms with E-state index in [0.717, 1.165) is 0 Å². The lowest BCUT2D eigenvalue weighted by atomic mass is 10.5. The third-order valence-electron chi connectivity index (χ3n) is 1.88. The molecule has 0 aromatic carbocycles. The fourth-order valence-corrected chi connectivity index (χ4v) is 3.74. The summed E-state index contributed by atoms with van der Waals surface area (Å²) < 4.78 is 34.2. The molecule has 0 aliphatic carbocycles. The van der Waals surface area contributed by atoms with Crippen LogP contribution in [0.2, 0.25) is 0 Å². The minimum Gasteiger partial charge on any atom is -0.340 e. The Morgan fingerprint density at radius 2 is 1.82 bits per heavy atom. The Morgan fingerprint density at radius 3 is 2.18 bits per heavy atom. The molecule has 0 N–H and O–H groups in total. The van der Waals surface area contributed by atoms with Crippen LogP contribution in [0.15, 0.2) is 0 Å². The van der Waals surface area contributed by atoms with Crippen molar-refractivity contribution in [2.24, 2.45) is 0 Å². The van der Waals surface area contributed by atoms with Crippen molar-refractivity contribution in [3.63, 3.8) is 0 Å². The fraction of sp³-hybridized carbons (Fsp3) is 1.00. The van der Waals surface area contributed by atoms with Gasteiger partial charge in [-0.2, -0.15) is 0 Å². The summed E-state index contributed by atoms with van der Waals surface area (Å²) >= 11 is 3.30. The second-order valence-corrected chi connectivity index (χ2v) is 6.97. The van der Waals surface area contributed by atoms with Crippen molar-refractivity contribution in [1.29, 1.82) is 0 Å². The summed E-state index contributed by atoms with van der Waals surface area (Å²) in [6, 6.07) is -0.921. The first kappa shape index (κ1) is 15.6. The Hall–Kier alpha value is 0.550. The van der Waals surface area contributed by atoms with Crippen LogP contribution >= 0.6 is 23.5 Å². The lowest BCUT2D eigenvalue weighted by Gasteiger charge is -2.26. The van der Waals surface area contributed by atoms with Gasteiger partial charge in [0.1, 0.15) is 0 Å². The van der Waals surface area contributed by atoms with Crippen molar-refractivity contribution in [2.45, 2.75) is 52.0 Å². The van der Waals surface area contributed by atoms with Crippen LogP contribution in [0.4, 0.5) is 0 Å². The molecule has 0 aromatic rings. The predicted molar refractivity (Wildman–Crippen MR) is 68.5 cm³/mol. The molecule has 2 atom stereocenters. The highest BCUT2D eigenvalue weighted by atomic mass is 79.9. The zero-order chi connectivity index (χ0) is 13.1. The maximum absolute atomic E-state index is 12.6. The van der Waals surface area contributed by atoms with E-state index >= 15 is 0 Å². The number of rotatable bonds is 6. The van der Waals surface area contributed by atoms with E-state index in [-0.39, 0.29) is 18.3 Å². The zero-order valence-corrected chi connectivity index (χ0v) is 13.1. The minimum absolute atomic E-state index is 0.111. The van der Waals surface area contributed by atoms with Gasteiger partial charge in [-0.15, -0.1) is 0 Å². The third-order valence-corrected chi connectivity index (χ3v) is 4.82. The van der Waals surface area contributed by atoms with Crippen LogP contribution in [0.3, 0.4) is 0 Å². The van der Waals surface area contributed by atoms with Crippen molar-refractivity contribution < 1.29 is 23.1 Å². The van der Waals surface area contributed by atoms with Crippen molar-refractivity contribution in [1.82, 2.24) is 0 Å². The monoisotopic (exact) mass is 330 g/mol. The van der Waals surface area contributed by atoms with Gasteiger partial charge in [0, 0.05) is 5.33 Å². The second kappa shape index (κ2) is 6.64. The molecule has 0 unspecified atom stereocenters. The van der Waals surface area contributed by atoms with E-state index in [4.69, 9.17) is 18.5 Å². The first-order chi connectivity index (χ1) is 7.87. The highest BCUT2D eigenvalue weighted by Crippen LogP contribution is 2.57. The van der Waals surface area contributed by atoms with Crippen LogP contribution in [-0.4, -0.2) is 36.3 Å². The topological polar surface area (TPSA) is 54.0 Å². The molecule has 0 bridgehead atoms. The molecule has 1 aliphatic rings. The first-order valence-electron chi connectivity index (χ1n) is 5.67. The second-order valence-electron chi connectivity index (χ2n) is 4.40. The summed E-state index contributed by atoms with van der Waals surface area (Å²) in [7, 11) is -3.40. The lowest BCUT2D eigenvalue weighted by molar-refractivity contribution is -0.0259. The molecule has 0 spiro atoms. The molecule has 5 nitrogen and oxygen atoms in total. The summed E-state index contributed by atoms with van der Waals surface area (Å²) in [6.45, 7) is 7.59. The van der Waals surface area contributed by atoms with Gasteiger partial charge in [-0.1, -0.05) is 15.9 Å². The number of halogens is 1. The normalized spacial score (nSPS) is 26.1. The largest absolute Gasteiger partial charge is 0.386 e. The number of hydrogen-bond acceptors (Lipinski definition) is 5. The molecule has 102 valence electrons. The summed E-state index contributed by atoms with van der Waals surface area (Å²) in [5.74, 6) is 0. The summed E-state index contributed by atoms with van der Waals surface area (Å²) in [4.78, 5) is 0. The van der Waals surface area contributed by atoms with Crippen LogP contribution in [0.1, 0.15) is 27.7 Å². The van der Waals surface area contributed by atoms with E-state index in [2.05, 4.69) is 15.9 Å². The average Bonchev–Trinajstić information content (AvgIpc) is 2.63. The van der Waals surface area contributed by atoms with Crippen molar-refractivity contribution in [2.75, 3.05) is 11.9 Å².